The monoisotopic (exact) mass is 427 g/mol. The van der Waals surface area contributed by atoms with E-state index in [1.807, 2.05) is 6.92 Å². The number of benzene rings is 2. The largest absolute Gasteiger partial charge is 0.416 e. The summed E-state index contributed by atoms with van der Waals surface area (Å²) in [5.41, 5.74) is -0.214. The van der Waals surface area contributed by atoms with Gasteiger partial charge in [-0.15, -0.1) is 0 Å². The SMILES string of the molecule is CCCCNC(=O)c1ccc(C2Nc3cc(C(F)(F)F)ccc3S(=O)(=O)N2)cc1. The lowest BCUT2D eigenvalue weighted by molar-refractivity contribution is -0.137. The van der Waals surface area contributed by atoms with E-state index in [1.54, 1.807) is 12.1 Å². The highest BCUT2D eigenvalue weighted by molar-refractivity contribution is 7.89. The van der Waals surface area contributed by atoms with Gasteiger partial charge >= 0.3 is 6.18 Å². The van der Waals surface area contributed by atoms with Gasteiger partial charge in [0.1, 0.15) is 11.1 Å². The second-order valence-corrected chi connectivity index (χ2v) is 8.32. The number of anilines is 1. The first-order valence-corrected chi connectivity index (χ1v) is 10.5. The van der Waals surface area contributed by atoms with Gasteiger partial charge in [-0.2, -0.15) is 17.9 Å². The highest BCUT2D eigenvalue weighted by Gasteiger charge is 2.35. The molecular formula is C19H20F3N3O3S. The van der Waals surface area contributed by atoms with Crippen molar-refractivity contribution in [3.63, 3.8) is 0 Å². The van der Waals surface area contributed by atoms with Gasteiger partial charge in [-0.1, -0.05) is 25.5 Å². The standard InChI is InChI=1S/C19H20F3N3O3S/c1-2-3-10-23-18(26)13-6-4-12(5-7-13)17-24-15-11-14(19(20,21)22)8-9-16(15)29(27,28)25-17/h4-9,11,17,24-25H,2-3,10H2,1H3,(H,23,26). The van der Waals surface area contributed by atoms with Gasteiger partial charge in [0.05, 0.1) is 11.3 Å². The molecule has 10 heteroatoms. The van der Waals surface area contributed by atoms with Crippen LogP contribution < -0.4 is 15.4 Å². The molecule has 1 heterocycles. The summed E-state index contributed by atoms with van der Waals surface area (Å²) in [6, 6.07) is 8.60. The van der Waals surface area contributed by atoms with Crippen molar-refractivity contribution in [3.8, 4) is 0 Å². The Morgan fingerprint density at radius 2 is 1.83 bits per heavy atom. The molecule has 0 saturated heterocycles. The van der Waals surface area contributed by atoms with Crippen molar-refractivity contribution in [2.24, 2.45) is 0 Å². The molecule has 0 fully saturated rings. The van der Waals surface area contributed by atoms with Gasteiger partial charge in [-0.3, -0.25) is 4.79 Å². The maximum Gasteiger partial charge on any atom is 0.416 e. The second kappa shape index (κ2) is 8.03. The predicted molar refractivity (Wildman–Crippen MR) is 102 cm³/mol. The number of hydrogen-bond donors (Lipinski definition) is 3. The van der Waals surface area contributed by atoms with E-state index in [2.05, 4.69) is 15.4 Å². The highest BCUT2D eigenvalue weighted by Crippen LogP contribution is 2.37. The van der Waals surface area contributed by atoms with E-state index >= 15 is 0 Å². The average Bonchev–Trinajstić information content (AvgIpc) is 2.66. The maximum absolute atomic E-state index is 13.0. The molecule has 29 heavy (non-hydrogen) atoms. The maximum atomic E-state index is 13.0. The summed E-state index contributed by atoms with van der Waals surface area (Å²) in [6.45, 7) is 2.56. The van der Waals surface area contributed by atoms with Crippen molar-refractivity contribution in [2.75, 3.05) is 11.9 Å². The van der Waals surface area contributed by atoms with Crippen LogP contribution in [0.15, 0.2) is 47.4 Å². The molecule has 1 amide bonds. The predicted octanol–water partition coefficient (Wildman–Crippen LogP) is 3.64. The third kappa shape index (κ3) is 4.70. The Labute approximate surface area is 166 Å². The summed E-state index contributed by atoms with van der Waals surface area (Å²) < 4.78 is 66.2. The number of unbranched alkanes of at least 4 members (excludes halogenated alkanes) is 1. The quantitative estimate of drug-likeness (QED) is 0.636. The molecule has 3 N–H and O–H groups in total. The number of hydrogen-bond acceptors (Lipinski definition) is 4. The fourth-order valence-electron chi connectivity index (χ4n) is 2.92. The van der Waals surface area contributed by atoms with Crippen LogP contribution in [0.1, 0.15) is 47.4 Å². The molecule has 0 radical (unpaired) electrons. The Morgan fingerprint density at radius 3 is 2.45 bits per heavy atom. The fourth-order valence-corrected chi connectivity index (χ4v) is 4.20. The van der Waals surface area contributed by atoms with Crippen molar-refractivity contribution >= 4 is 21.6 Å². The van der Waals surface area contributed by atoms with Crippen LogP contribution in [0.5, 0.6) is 0 Å². The number of alkyl halides is 3. The number of rotatable bonds is 5. The lowest BCUT2D eigenvalue weighted by Crippen LogP contribution is -2.38. The Balaban J connectivity index is 1.83. The van der Waals surface area contributed by atoms with E-state index in [1.165, 1.54) is 12.1 Å². The van der Waals surface area contributed by atoms with Crippen LogP contribution in [0, 0.1) is 0 Å². The van der Waals surface area contributed by atoms with Crippen LogP contribution in [0.25, 0.3) is 0 Å². The van der Waals surface area contributed by atoms with Crippen LogP contribution in [-0.2, 0) is 16.2 Å². The minimum atomic E-state index is -4.59. The van der Waals surface area contributed by atoms with E-state index < -0.39 is 27.9 Å². The Kier molecular flexibility index (Phi) is 5.85. The van der Waals surface area contributed by atoms with Crippen LogP contribution >= 0.6 is 0 Å². The molecule has 3 rings (SSSR count). The zero-order valence-electron chi connectivity index (χ0n) is 15.5. The normalized spacial score (nSPS) is 17.9. The van der Waals surface area contributed by atoms with Crippen molar-refractivity contribution in [2.45, 2.75) is 37.0 Å². The van der Waals surface area contributed by atoms with Crippen molar-refractivity contribution in [1.82, 2.24) is 10.0 Å². The molecule has 2 aromatic rings. The van der Waals surface area contributed by atoms with Crippen molar-refractivity contribution < 1.29 is 26.4 Å². The molecule has 1 atom stereocenters. The summed E-state index contributed by atoms with van der Waals surface area (Å²) in [5, 5.41) is 5.55. The molecule has 2 aromatic carbocycles. The van der Waals surface area contributed by atoms with Gasteiger partial charge in [0.25, 0.3) is 5.91 Å². The van der Waals surface area contributed by atoms with E-state index in [0.29, 0.717) is 17.7 Å². The zero-order valence-corrected chi connectivity index (χ0v) is 16.3. The summed E-state index contributed by atoms with van der Waals surface area (Å²) >= 11 is 0. The Morgan fingerprint density at radius 1 is 1.14 bits per heavy atom. The number of carbonyl (C=O) groups excluding carboxylic acids is 1. The average molecular weight is 427 g/mol. The second-order valence-electron chi connectivity index (χ2n) is 6.64. The molecule has 0 bridgehead atoms. The van der Waals surface area contributed by atoms with Crippen LogP contribution in [-0.4, -0.2) is 20.9 Å². The molecule has 156 valence electrons. The molecule has 0 spiro atoms. The van der Waals surface area contributed by atoms with Crippen molar-refractivity contribution in [1.29, 1.82) is 0 Å². The van der Waals surface area contributed by atoms with Gasteiger partial charge in [0.2, 0.25) is 10.0 Å². The zero-order chi connectivity index (χ0) is 21.2. The summed E-state index contributed by atoms with van der Waals surface area (Å²) in [7, 11) is -4.00. The van der Waals surface area contributed by atoms with Crippen LogP contribution in [0.4, 0.5) is 18.9 Å². The van der Waals surface area contributed by atoms with E-state index in [4.69, 9.17) is 0 Å². The molecule has 1 aliphatic heterocycles. The first kappa shape index (κ1) is 21.1. The third-order valence-electron chi connectivity index (χ3n) is 4.49. The molecule has 0 saturated carbocycles. The molecule has 0 aromatic heterocycles. The lowest BCUT2D eigenvalue weighted by atomic mass is 10.1. The van der Waals surface area contributed by atoms with Crippen LogP contribution in [0.3, 0.4) is 0 Å². The molecular weight excluding hydrogens is 407 g/mol. The number of fused-ring (bicyclic) bond motifs is 1. The summed E-state index contributed by atoms with van der Waals surface area (Å²) in [5.74, 6) is -0.248. The molecule has 6 nitrogen and oxygen atoms in total. The first-order valence-electron chi connectivity index (χ1n) is 9.00. The number of sulfonamides is 1. The number of halogens is 3. The topological polar surface area (TPSA) is 87.3 Å². The highest BCUT2D eigenvalue weighted by atomic mass is 32.2. The minimum Gasteiger partial charge on any atom is -0.364 e. The molecule has 1 aliphatic rings. The minimum absolute atomic E-state index is 0.134. The van der Waals surface area contributed by atoms with E-state index in [-0.39, 0.29) is 16.5 Å². The van der Waals surface area contributed by atoms with Crippen molar-refractivity contribution in [3.05, 3.63) is 59.2 Å². The summed E-state index contributed by atoms with van der Waals surface area (Å²) in [6.07, 6.45) is -3.75. The number of nitrogens with one attached hydrogen (secondary N) is 3. The van der Waals surface area contributed by atoms with Gasteiger partial charge in [-0.25, -0.2) is 8.42 Å². The van der Waals surface area contributed by atoms with Gasteiger partial charge in [-0.05, 0) is 42.3 Å². The van der Waals surface area contributed by atoms with Gasteiger partial charge in [0.15, 0.2) is 0 Å². The molecule has 0 aliphatic carbocycles. The van der Waals surface area contributed by atoms with Crippen LogP contribution in [0.2, 0.25) is 0 Å². The number of amides is 1. The van der Waals surface area contributed by atoms with Gasteiger partial charge < -0.3 is 10.6 Å². The molecule has 1 unspecified atom stereocenters. The fraction of sp³-hybridized carbons (Fsp3) is 0.316. The smallest absolute Gasteiger partial charge is 0.364 e. The number of carbonyl (C=O) groups is 1. The first-order chi connectivity index (χ1) is 13.6. The van der Waals surface area contributed by atoms with E-state index in [9.17, 15) is 26.4 Å². The third-order valence-corrected chi connectivity index (χ3v) is 5.97. The summed E-state index contributed by atoms with van der Waals surface area (Å²) in [4.78, 5) is 11.8. The Hall–Kier alpha value is -2.59. The lowest BCUT2D eigenvalue weighted by Gasteiger charge is -2.29. The van der Waals surface area contributed by atoms with E-state index in [0.717, 1.165) is 31.0 Å². The Bertz CT molecular complexity index is 1010. The van der Waals surface area contributed by atoms with Gasteiger partial charge in [0, 0.05) is 12.1 Å².